The number of aromatic nitrogens is 1. The quantitative estimate of drug-likeness (QED) is 0.756. The first-order valence-electron chi connectivity index (χ1n) is 5.80. The summed E-state index contributed by atoms with van der Waals surface area (Å²) in [7, 11) is -3.14. The van der Waals surface area contributed by atoms with Crippen molar-refractivity contribution in [2.45, 2.75) is 13.0 Å². The third-order valence-corrected chi connectivity index (χ3v) is 4.64. The van der Waals surface area contributed by atoms with Crippen LogP contribution in [0.1, 0.15) is 20.4 Å². The largest absolute Gasteiger partial charge is 0.364 e. The number of rotatable bonds is 5. The van der Waals surface area contributed by atoms with Gasteiger partial charge in [-0.25, -0.2) is 18.1 Å². The maximum atomic E-state index is 11.1. The van der Waals surface area contributed by atoms with Crippen LogP contribution in [0.4, 0.5) is 0 Å². The second-order valence-electron chi connectivity index (χ2n) is 4.45. The van der Waals surface area contributed by atoms with Crippen LogP contribution in [0.2, 0.25) is 0 Å². The van der Waals surface area contributed by atoms with Crippen LogP contribution in [-0.2, 0) is 23.0 Å². The van der Waals surface area contributed by atoms with Gasteiger partial charge in [0.25, 0.3) is 5.91 Å². The molecule has 10 heteroatoms. The van der Waals surface area contributed by atoms with E-state index in [1.165, 1.54) is 11.3 Å². The van der Waals surface area contributed by atoms with Gasteiger partial charge in [0.05, 0.1) is 11.9 Å². The van der Waals surface area contributed by atoms with Crippen LogP contribution >= 0.6 is 23.7 Å². The van der Waals surface area contributed by atoms with E-state index in [-0.39, 0.29) is 12.4 Å². The Morgan fingerprint density at radius 1 is 1.55 bits per heavy atom. The molecule has 2 rings (SSSR count). The number of carbonyl (C=O) groups excluding carboxylic acids is 1. The number of carbonyl (C=O) groups is 1. The summed E-state index contributed by atoms with van der Waals surface area (Å²) in [5, 5.41) is 0.348. The van der Waals surface area contributed by atoms with Gasteiger partial charge < -0.3 is 5.73 Å². The smallest absolute Gasteiger partial charge is 0.277 e. The van der Waals surface area contributed by atoms with Gasteiger partial charge >= 0.3 is 0 Å². The van der Waals surface area contributed by atoms with Crippen LogP contribution in [-0.4, -0.2) is 50.1 Å². The zero-order valence-corrected chi connectivity index (χ0v) is 13.4. The van der Waals surface area contributed by atoms with E-state index >= 15 is 0 Å². The Labute approximate surface area is 128 Å². The molecule has 1 aromatic heterocycles. The van der Waals surface area contributed by atoms with Crippen LogP contribution in [0, 0.1) is 0 Å². The Morgan fingerprint density at radius 2 is 2.25 bits per heavy atom. The standard InChI is InChI=1S/C10H16N4O3S2.ClH/c1-19(16,17)12-3-5-14-4-2-7-8(6-14)18-10(13-7)9(11)15;/h12H,2-6H2,1H3,(H2,11,15);1H. The minimum atomic E-state index is -3.14. The van der Waals surface area contributed by atoms with Crippen molar-refractivity contribution in [3.05, 3.63) is 15.6 Å². The summed E-state index contributed by atoms with van der Waals surface area (Å²) in [5.41, 5.74) is 6.14. The second-order valence-corrected chi connectivity index (χ2v) is 7.36. The van der Waals surface area contributed by atoms with Gasteiger partial charge in [-0.2, -0.15) is 0 Å². The molecule has 114 valence electrons. The van der Waals surface area contributed by atoms with E-state index in [0.717, 1.165) is 29.8 Å². The molecule has 20 heavy (non-hydrogen) atoms. The number of sulfonamides is 1. The molecule has 1 aromatic rings. The van der Waals surface area contributed by atoms with Gasteiger partial charge in [-0.3, -0.25) is 9.69 Å². The molecule has 0 radical (unpaired) electrons. The average molecular weight is 341 g/mol. The third-order valence-electron chi connectivity index (χ3n) is 2.81. The van der Waals surface area contributed by atoms with Crippen molar-refractivity contribution in [2.75, 3.05) is 25.9 Å². The zero-order valence-electron chi connectivity index (χ0n) is 11.0. The van der Waals surface area contributed by atoms with E-state index in [0.29, 0.717) is 24.6 Å². The predicted molar refractivity (Wildman–Crippen MR) is 79.7 cm³/mol. The minimum Gasteiger partial charge on any atom is -0.364 e. The number of nitrogens with one attached hydrogen (secondary N) is 1. The maximum absolute atomic E-state index is 11.1. The SMILES string of the molecule is CS(=O)(=O)NCCN1CCc2nc(C(N)=O)sc2C1.Cl. The summed E-state index contributed by atoms with van der Waals surface area (Å²) in [4.78, 5) is 18.4. The van der Waals surface area contributed by atoms with Crippen LogP contribution in [0.25, 0.3) is 0 Å². The molecular formula is C10H17ClN4O3S2. The van der Waals surface area contributed by atoms with Crippen molar-refractivity contribution in [2.24, 2.45) is 5.73 Å². The van der Waals surface area contributed by atoms with Crippen molar-refractivity contribution in [3.63, 3.8) is 0 Å². The summed E-state index contributed by atoms with van der Waals surface area (Å²) < 4.78 is 24.4. The van der Waals surface area contributed by atoms with Crippen molar-refractivity contribution < 1.29 is 13.2 Å². The van der Waals surface area contributed by atoms with Crippen molar-refractivity contribution in [3.8, 4) is 0 Å². The third kappa shape index (κ3) is 4.67. The highest BCUT2D eigenvalue weighted by atomic mass is 35.5. The molecule has 1 amide bonds. The zero-order chi connectivity index (χ0) is 14.0. The van der Waals surface area contributed by atoms with Gasteiger partial charge in [-0.15, -0.1) is 23.7 Å². The van der Waals surface area contributed by atoms with Gasteiger partial charge in [0, 0.05) is 37.5 Å². The summed E-state index contributed by atoms with van der Waals surface area (Å²) in [6.07, 6.45) is 1.90. The highest BCUT2D eigenvalue weighted by Crippen LogP contribution is 2.24. The molecule has 0 saturated heterocycles. The van der Waals surface area contributed by atoms with Gasteiger partial charge in [0.1, 0.15) is 0 Å². The lowest BCUT2D eigenvalue weighted by Gasteiger charge is -2.25. The van der Waals surface area contributed by atoms with E-state index in [9.17, 15) is 13.2 Å². The first-order chi connectivity index (χ1) is 8.85. The van der Waals surface area contributed by atoms with Crippen molar-refractivity contribution in [1.29, 1.82) is 0 Å². The summed E-state index contributed by atoms with van der Waals surface area (Å²) in [6.45, 7) is 2.51. The number of amides is 1. The number of halogens is 1. The fourth-order valence-corrected chi connectivity index (χ4v) is 3.40. The van der Waals surface area contributed by atoms with E-state index in [1.54, 1.807) is 0 Å². The first-order valence-corrected chi connectivity index (χ1v) is 8.51. The number of thiazole rings is 1. The predicted octanol–water partition coefficient (Wildman–Crippen LogP) is -0.429. The van der Waals surface area contributed by atoms with Crippen LogP contribution in [0.15, 0.2) is 0 Å². The van der Waals surface area contributed by atoms with Gasteiger partial charge in [0.2, 0.25) is 10.0 Å². The molecule has 0 spiro atoms. The van der Waals surface area contributed by atoms with Gasteiger partial charge in [-0.1, -0.05) is 0 Å². The topological polar surface area (TPSA) is 105 Å². The fraction of sp³-hybridized carbons (Fsp3) is 0.600. The van der Waals surface area contributed by atoms with Gasteiger partial charge in [0.15, 0.2) is 5.01 Å². The molecule has 2 heterocycles. The lowest BCUT2D eigenvalue weighted by Crippen LogP contribution is -2.37. The molecule has 0 saturated carbocycles. The molecule has 7 nitrogen and oxygen atoms in total. The summed E-state index contributed by atoms with van der Waals surface area (Å²) in [5.74, 6) is -0.496. The lowest BCUT2D eigenvalue weighted by atomic mass is 10.2. The normalized spacial score (nSPS) is 15.4. The molecule has 1 aliphatic heterocycles. The van der Waals surface area contributed by atoms with Crippen LogP contribution < -0.4 is 10.5 Å². The summed E-state index contributed by atoms with van der Waals surface area (Å²) >= 11 is 1.32. The molecule has 0 fully saturated rings. The van der Waals surface area contributed by atoms with E-state index in [4.69, 9.17) is 5.73 Å². The number of fused-ring (bicyclic) bond motifs is 1. The Morgan fingerprint density at radius 3 is 2.85 bits per heavy atom. The molecule has 1 aliphatic rings. The number of hydrogen-bond acceptors (Lipinski definition) is 6. The highest BCUT2D eigenvalue weighted by molar-refractivity contribution is 7.88. The van der Waals surface area contributed by atoms with Crippen LogP contribution in [0.3, 0.4) is 0 Å². The maximum Gasteiger partial charge on any atom is 0.277 e. The molecular weight excluding hydrogens is 324 g/mol. The van der Waals surface area contributed by atoms with Gasteiger partial charge in [-0.05, 0) is 0 Å². The van der Waals surface area contributed by atoms with E-state index in [1.807, 2.05) is 0 Å². The summed E-state index contributed by atoms with van der Waals surface area (Å²) in [6, 6.07) is 0. The number of primary amides is 1. The number of hydrogen-bond donors (Lipinski definition) is 2. The molecule has 0 aromatic carbocycles. The Hall–Kier alpha value is -0.740. The molecule has 3 N–H and O–H groups in total. The molecule has 0 atom stereocenters. The average Bonchev–Trinajstić information content (AvgIpc) is 2.70. The Balaban J connectivity index is 0.00000200. The Kier molecular flexibility index (Phi) is 5.90. The van der Waals surface area contributed by atoms with E-state index in [2.05, 4.69) is 14.6 Å². The van der Waals surface area contributed by atoms with E-state index < -0.39 is 15.9 Å². The molecule has 0 bridgehead atoms. The number of nitrogens with two attached hydrogens (primary N) is 1. The number of nitrogens with zero attached hydrogens (tertiary/aromatic N) is 2. The lowest BCUT2D eigenvalue weighted by molar-refractivity contribution is 0.0999. The molecule has 0 unspecified atom stereocenters. The van der Waals surface area contributed by atoms with Crippen molar-refractivity contribution >= 4 is 39.7 Å². The first kappa shape index (κ1) is 17.3. The molecule has 0 aliphatic carbocycles. The second kappa shape index (κ2) is 6.81. The highest BCUT2D eigenvalue weighted by Gasteiger charge is 2.21. The minimum absolute atomic E-state index is 0. The van der Waals surface area contributed by atoms with Crippen LogP contribution in [0.5, 0.6) is 0 Å². The monoisotopic (exact) mass is 340 g/mol. The fourth-order valence-electron chi connectivity index (χ4n) is 1.93. The Bertz CT molecular complexity index is 587. The van der Waals surface area contributed by atoms with Crippen molar-refractivity contribution in [1.82, 2.24) is 14.6 Å².